The minimum Gasteiger partial charge on any atom is -0.496 e. The lowest BCUT2D eigenvalue weighted by Gasteiger charge is -2.08. The molecule has 0 radical (unpaired) electrons. The van der Waals surface area contributed by atoms with E-state index in [0.29, 0.717) is 6.61 Å². The molecule has 3 nitrogen and oxygen atoms in total. The number of hydrogen-bond donors (Lipinski definition) is 0. The van der Waals surface area contributed by atoms with Gasteiger partial charge in [0.25, 0.3) is 0 Å². The molecule has 0 aliphatic carbocycles. The second-order valence-electron chi connectivity index (χ2n) is 3.28. The normalized spacial score (nSPS) is 11.1. The summed E-state index contributed by atoms with van der Waals surface area (Å²) in [5.74, 6) is 0.423. The number of benzene rings is 1. The van der Waals surface area contributed by atoms with Crippen LogP contribution in [-0.4, -0.2) is 19.7 Å². The molecule has 0 bridgehead atoms. The molecular formula is C13H16O3. The molecule has 0 aliphatic rings. The highest BCUT2D eigenvalue weighted by atomic mass is 16.5. The fourth-order valence-electron chi connectivity index (χ4n) is 1.41. The molecule has 0 heterocycles. The van der Waals surface area contributed by atoms with Crippen molar-refractivity contribution in [3.05, 3.63) is 35.9 Å². The highest BCUT2D eigenvalue weighted by Crippen LogP contribution is 2.24. The number of carbonyl (C=O) groups excluding carboxylic acids is 1. The van der Waals surface area contributed by atoms with Crippen LogP contribution in [0.2, 0.25) is 0 Å². The van der Waals surface area contributed by atoms with Gasteiger partial charge in [0.15, 0.2) is 0 Å². The third-order valence-electron chi connectivity index (χ3n) is 2.15. The number of para-hydroxylation sites is 1. The zero-order valence-corrected chi connectivity index (χ0v) is 9.82. The molecule has 0 saturated carbocycles. The minimum absolute atomic E-state index is 0.328. The molecule has 0 aromatic heterocycles. The van der Waals surface area contributed by atoms with Crippen LogP contribution >= 0.6 is 0 Å². The number of rotatable bonds is 4. The third kappa shape index (κ3) is 3.12. The monoisotopic (exact) mass is 220 g/mol. The number of esters is 1. The van der Waals surface area contributed by atoms with Crippen LogP contribution in [0.5, 0.6) is 5.75 Å². The summed E-state index contributed by atoms with van der Waals surface area (Å²) in [6.07, 6.45) is 1.47. The van der Waals surface area contributed by atoms with Crippen LogP contribution < -0.4 is 4.74 Å². The van der Waals surface area contributed by atoms with Crippen LogP contribution in [0, 0.1) is 0 Å². The minimum atomic E-state index is -0.328. The second kappa shape index (κ2) is 5.95. The van der Waals surface area contributed by atoms with Gasteiger partial charge in [0.2, 0.25) is 0 Å². The third-order valence-corrected chi connectivity index (χ3v) is 2.15. The smallest absolute Gasteiger partial charge is 0.331 e. The van der Waals surface area contributed by atoms with Crippen molar-refractivity contribution >= 4 is 11.5 Å². The molecule has 1 aromatic carbocycles. The zero-order chi connectivity index (χ0) is 12.0. The zero-order valence-electron chi connectivity index (χ0n) is 9.82. The average Bonchev–Trinajstić information content (AvgIpc) is 2.29. The van der Waals surface area contributed by atoms with E-state index in [1.807, 2.05) is 31.2 Å². The van der Waals surface area contributed by atoms with Gasteiger partial charge in [-0.25, -0.2) is 4.79 Å². The lowest BCUT2D eigenvalue weighted by Crippen LogP contribution is -2.00. The van der Waals surface area contributed by atoms with Gasteiger partial charge in [-0.2, -0.15) is 0 Å². The number of carbonyl (C=O) groups is 1. The fraction of sp³-hybridized carbons (Fsp3) is 0.308. The predicted octanol–water partition coefficient (Wildman–Crippen LogP) is 2.66. The molecule has 1 rings (SSSR count). The Bertz CT molecular complexity index is 394. The summed E-state index contributed by atoms with van der Waals surface area (Å²) < 4.78 is 10.1. The summed E-state index contributed by atoms with van der Waals surface area (Å²) in [6, 6.07) is 7.56. The molecule has 1 aromatic rings. The molecule has 0 unspecified atom stereocenters. The molecule has 0 atom stereocenters. The van der Waals surface area contributed by atoms with Crippen LogP contribution in [-0.2, 0) is 9.53 Å². The van der Waals surface area contributed by atoms with Crippen molar-refractivity contribution in [1.29, 1.82) is 0 Å². The van der Waals surface area contributed by atoms with Gasteiger partial charge in [-0.1, -0.05) is 18.2 Å². The number of hydrogen-bond acceptors (Lipinski definition) is 3. The van der Waals surface area contributed by atoms with Crippen LogP contribution in [0.15, 0.2) is 30.3 Å². The first-order chi connectivity index (χ1) is 7.69. The van der Waals surface area contributed by atoms with Crippen molar-refractivity contribution in [3.63, 3.8) is 0 Å². The SMILES string of the molecule is CCOC(=O)/C=C(/C)c1ccccc1OC. The first-order valence-corrected chi connectivity index (χ1v) is 5.17. The standard InChI is InChI=1S/C13H16O3/c1-4-16-13(14)9-10(2)11-7-5-6-8-12(11)15-3/h5-9H,4H2,1-3H3/b10-9-. The lowest BCUT2D eigenvalue weighted by molar-refractivity contribution is -0.137. The molecular weight excluding hydrogens is 204 g/mol. The van der Waals surface area contributed by atoms with Crippen molar-refractivity contribution < 1.29 is 14.3 Å². The highest BCUT2D eigenvalue weighted by molar-refractivity contribution is 5.91. The van der Waals surface area contributed by atoms with Gasteiger partial charge in [0, 0.05) is 11.6 Å². The van der Waals surface area contributed by atoms with E-state index in [-0.39, 0.29) is 5.97 Å². The maximum atomic E-state index is 11.3. The summed E-state index contributed by atoms with van der Waals surface area (Å²) in [6.45, 7) is 4.02. The first-order valence-electron chi connectivity index (χ1n) is 5.17. The van der Waals surface area contributed by atoms with Crippen molar-refractivity contribution in [2.45, 2.75) is 13.8 Å². The van der Waals surface area contributed by atoms with E-state index in [0.717, 1.165) is 16.9 Å². The van der Waals surface area contributed by atoms with E-state index in [1.165, 1.54) is 6.08 Å². The van der Waals surface area contributed by atoms with Gasteiger partial charge < -0.3 is 9.47 Å². The summed E-state index contributed by atoms with van der Waals surface area (Å²) in [7, 11) is 1.61. The van der Waals surface area contributed by atoms with E-state index in [2.05, 4.69) is 0 Å². The Hall–Kier alpha value is -1.77. The van der Waals surface area contributed by atoms with Gasteiger partial charge in [-0.05, 0) is 25.5 Å². The van der Waals surface area contributed by atoms with Crippen LogP contribution in [0.1, 0.15) is 19.4 Å². The molecule has 0 fully saturated rings. The Morgan fingerprint density at radius 3 is 2.69 bits per heavy atom. The van der Waals surface area contributed by atoms with E-state index in [1.54, 1.807) is 14.0 Å². The predicted molar refractivity (Wildman–Crippen MR) is 63.3 cm³/mol. The molecule has 0 N–H and O–H groups in total. The molecule has 0 saturated heterocycles. The molecule has 16 heavy (non-hydrogen) atoms. The van der Waals surface area contributed by atoms with Crippen LogP contribution in [0.3, 0.4) is 0 Å². The van der Waals surface area contributed by atoms with Crippen LogP contribution in [0.4, 0.5) is 0 Å². The number of ether oxygens (including phenoxy) is 2. The van der Waals surface area contributed by atoms with E-state index < -0.39 is 0 Å². The summed E-state index contributed by atoms with van der Waals surface area (Å²) in [5.41, 5.74) is 1.73. The van der Waals surface area contributed by atoms with Crippen molar-refractivity contribution in [2.75, 3.05) is 13.7 Å². The number of allylic oxidation sites excluding steroid dienone is 1. The van der Waals surface area contributed by atoms with Crippen molar-refractivity contribution in [2.24, 2.45) is 0 Å². The number of methoxy groups -OCH3 is 1. The second-order valence-corrected chi connectivity index (χ2v) is 3.28. The Kier molecular flexibility index (Phi) is 4.58. The van der Waals surface area contributed by atoms with Gasteiger partial charge in [-0.15, -0.1) is 0 Å². The molecule has 0 spiro atoms. The summed E-state index contributed by atoms with van der Waals surface area (Å²) in [5, 5.41) is 0. The van der Waals surface area contributed by atoms with Gasteiger partial charge in [0.1, 0.15) is 5.75 Å². The van der Waals surface area contributed by atoms with E-state index >= 15 is 0 Å². The topological polar surface area (TPSA) is 35.5 Å². The first kappa shape index (κ1) is 12.3. The quantitative estimate of drug-likeness (QED) is 0.578. The van der Waals surface area contributed by atoms with E-state index in [4.69, 9.17) is 9.47 Å². The average molecular weight is 220 g/mol. The van der Waals surface area contributed by atoms with Crippen molar-refractivity contribution in [3.8, 4) is 5.75 Å². The molecule has 86 valence electrons. The van der Waals surface area contributed by atoms with Gasteiger partial charge in [0.05, 0.1) is 13.7 Å². The maximum absolute atomic E-state index is 11.3. The van der Waals surface area contributed by atoms with E-state index in [9.17, 15) is 4.79 Å². The fourth-order valence-corrected chi connectivity index (χ4v) is 1.41. The van der Waals surface area contributed by atoms with Crippen molar-refractivity contribution in [1.82, 2.24) is 0 Å². The van der Waals surface area contributed by atoms with Gasteiger partial charge >= 0.3 is 5.97 Å². The Labute approximate surface area is 95.7 Å². The maximum Gasteiger partial charge on any atom is 0.331 e. The summed E-state index contributed by atoms with van der Waals surface area (Å²) >= 11 is 0. The molecule has 3 heteroatoms. The van der Waals surface area contributed by atoms with Gasteiger partial charge in [-0.3, -0.25) is 0 Å². The molecule has 0 amide bonds. The Balaban J connectivity index is 2.95. The Morgan fingerprint density at radius 2 is 2.06 bits per heavy atom. The lowest BCUT2D eigenvalue weighted by atomic mass is 10.1. The largest absolute Gasteiger partial charge is 0.496 e. The summed E-state index contributed by atoms with van der Waals surface area (Å²) in [4.78, 5) is 11.3. The Morgan fingerprint density at radius 1 is 1.38 bits per heavy atom. The van der Waals surface area contributed by atoms with Crippen LogP contribution in [0.25, 0.3) is 5.57 Å². The molecule has 0 aliphatic heterocycles. The highest BCUT2D eigenvalue weighted by Gasteiger charge is 2.05.